The first-order valence-electron chi connectivity index (χ1n) is 10.4. The molecule has 8 nitrogen and oxygen atoms in total. The van der Waals surface area contributed by atoms with Gasteiger partial charge in [0.1, 0.15) is 18.8 Å². The summed E-state index contributed by atoms with van der Waals surface area (Å²) in [5, 5.41) is 7.06. The first-order valence-corrected chi connectivity index (χ1v) is 10.7. The maximum atomic E-state index is 14.3. The van der Waals surface area contributed by atoms with Gasteiger partial charge in [0, 0.05) is 24.5 Å². The molecule has 1 saturated heterocycles. The van der Waals surface area contributed by atoms with E-state index in [9.17, 15) is 14.0 Å². The maximum Gasteiger partial charge on any atom is 0.244 e. The average molecular weight is 449 g/mol. The van der Waals surface area contributed by atoms with Crippen LogP contribution in [0.15, 0.2) is 30.9 Å². The van der Waals surface area contributed by atoms with Crippen LogP contribution in [0.3, 0.4) is 0 Å². The molecular weight excluding hydrogens is 423 g/mol. The topological polar surface area (TPSA) is 106 Å². The van der Waals surface area contributed by atoms with Crippen molar-refractivity contribution in [3.63, 3.8) is 0 Å². The van der Waals surface area contributed by atoms with E-state index in [4.69, 9.17) is 17.3 Å². The third-order valence-corrected chi connectivity index (χ3v) is 6.37. The molecule has 0 radical (unpaired) electrons. The van der Waals surface area contributed by atoms with Crippen molar-refractivity contribution in [2.24, 2.45) is 11.1 Å². The van der Waals surface area contributed by atoms with Gasteiger partial charge in [0.05, 0.1) is 17.8 Å². The minimum Gasteiger partial charge on any atom is -0.320 e. The van der Waals surface area contributed by atoms with Crippen molar-refractivity contribution in [2.45, 2.75) is 57.4 Å². The molecule has 1 unspecified atom stereocenters. The minimum absolute atomic E-state index is 0.0191. The van der Waals surface area contributed by atoms with Gasteiger partial charge in [0.15, 0.2) is 0 Å². The molecule has 1 aliphatic heterocycles. The van der Waals surface area contributed by atoms with Crippen LogP contribution in [0.1, 0.15) is 38.2 Å². The highest BCUT2D eigenvalue weighted by Gasteiger charge is 2.41. The smallest absolute Gasteiger partial charge is 0.244 e. The van der Waals surface area contributed by atoms with E-state index < -0.39 is 30.1 Å². The number of benzene rings is 1. The number of hydrogen-bond donors (Lipinski definition) is 2. The van der Waals surface area contributed by atoms with E-state index >= 15 is 0 Å². The number of aromatic nitrogens is 3. The van der Waals surface area contributed by atoms with Crippen LogP contribution in [0, 0.1) is 5.41 Å². The summed E-state index contributed by atoms with van der Waals surface area (Å²) >= 11 is 6.18. The van der Waals surface area contributed by atoms with E-state index in [-0.39, 0.29) is 24.9 Å². The molecule has 1 aromatic heterocycles. The van der Waals surface area contributed by atoms with Crippen molar-refractivity contribution in [3.8, 4) is 5.69 Å². The molecule has 1 aromatic carbocycles. The molecular formula is C21H26ClFN6O2. The third-order valence-electron chi connectivity index (χ3n) is 6.14. The van der Waals surface area contributed by atoms with Gasteiger partial charge in [-0.25, -0.2) is 14.1 Å². The molecule has 0 bridgehead atoms. The molecule has 10 heteroatoms. The van der Waals surface area contributed by atoms with Crippen LogP contribution in [0.4, 0.5) is 4.39 Å². The number of amides is 2. The van der Waals surface area contributed by atoms with E-state index in [0.717, 1.165) is 24.1 Å². The highest BCUT2D eigenvalue weighted by molar-refractivity contribution is 6.30. The van der Waals surface area contributed by atoms with E-state index in [1.54, 1.807) is 34.1 Å². The molecule has 2 aromatic rings. The molecule has 2 heterocycles. The fourth-order valence-corrected chi connectivity index (χ4v) is 4.28. The number of hydrogen-bond acceptors (Lipinski definition) is 6. The number of likely N-dealkylation sites (tertiary alicyclic amines) is 1. The summed E-state index contributed by atoms with van der Waals surface area (Å²) < 4.78 is 15.9. The van der Waals surface area contributed by atoms with Gasteiger partial charge in [-0.15, -0.1) is 0 Å². The Labute approximate surface area is 184 Å². The van der Waals surface area contributed by atoms with E-state index in [1.165, 1.54) is 6.33 Å². The molecule has 1 saturated carbocycles. The molecule has 31 heavy (non-hydrogen) atoms. The Bertz CT molecular complexity index is 965. The van der Waals surface area contributed by atoms with Crippen molar-refractivity contribution in [3.05, 3.63) is 41.4 Å². The summed E-state index contributed by atoms with van der Waals surface area (Å²) in [6.45, 7) is 2.43. The Kier molecular flexibility index (Phi) is 6.09. The number of carbonyl (C=O) groups excluding carboxylic acids is 2. The number of nitrogens with one attached hydrogen (secondary N) is 1. The lowest BCUT2D eigenvalue weighted by Crippen LogP contribution is -2.50. The zero-order chi connectivity index (χ0) is 22.2. The summed E-state index contributed by atoms with van der Waals surface area (Å²) in [5.41, 5.74) is 7.58. The summed E-state index contributed by atoms with van der Waals surface area (Å²) in [5.74, 6) is -1.03. The van der Waals surface area contributed by atoms with Crippen LogP contribution in [0.2, 0.25) is 5.02 Å². The average Bonchev–Trinajstić information content (AvgIpc) is 3.09. The summed E-state index contributed by atoms with van der Waals surface area (Å²) in [7, 11) is 0. The molecule has 2 aliphatic rings. The lowest BCUT2D eigenvalue weighted by atomic mass is 9.99. The molecule has 2 fully saturated rings. The Balaban J connectivity index is 1.46. The fourth-order valence-electron chi connectivity index (χ4n) is 4.09. The number of imide groups is 1. The van der Waals surface area contributed by atoms with Crippen molar-refractivity contribution < 1.29 is 14.0 Å². The second-order valence-electron chi connectivity index (χ2n) is 8.87. The number of nitrogens with zero attached hydrogens (tertiary/aromatic N) is 4. The number of nitrogens with two attached hydrogens (primary N) is 1. The molecule has 0 spiro atoms. The van der Waals surface area contributed by atoms with Crippen LogP contribution >= 0.6 is 11.6 Å². The standard InChI is InChI=1S/C21H26ClFN6O2/c1-21(4-5-21)8-16(24)19(30)27-20(31)18-7-15(23)10-28(18)9-13-6-14(22)2-3-17(13)29-12-25-11-26-29/h2-3,6,11-12,15-16,18H,4-5,7-10,24H2,1H3,(H,27,30,31)/t15-,16-,18?/m1/s1. The first-order chi connectivity index (χ1) is 14.7. The second-order valence-corrected chi connectivity index (χ2v) is 9.30. The van der Waals surface area contributed by atoms with Gasteiger partial charge in [-0.05, 0) is 48.4 Å². The Morgan fingerprint density at radius 3 is 2.87 bits per heavy atom. The summed E-state index contributed by atoms with van der Waals surface area (Å²) in [6.07, 6.45) is 4.43. The van der Waals surface area contributed by atoms with Crippen LogP contribution in [0.5, 0.6) is 0 Å². The first kappa shape index (κ1) is 21.9. The molecule has 1 aliphatic carbocycles. The number of alkyl halides is 1. The SMILES string of the molecule is CC1(C[C@@H](N)C(=O)NC(=O)C2C[C@@H](F)CN2Cc2cc(Cl)ccc2-n2cncn2)CC1. The highest BCUT2D eigenvalue weighted by atomic mass is 35.5. The van der Waals surface area contributed by atoms with Crippen molar-refractivity contribution >= 4 is 23.4 Å². The Morgan fingerprint density at radius 1 is 1.42 bits per heavy atom. The summed E-state index contributed by atoms with van der Waals surface area (Å²) in [6, 6.07) is 3.76. The molecule has 3 atom stereocenters. The minimum atomic E-state index is -1.17. The van der Waals surface area contributed by atoms with Gasteiger partial charge in [0.25, 0.3) is 0 Å². The van der Waals surface area contributed by atoms with Gasteiger partial charge >= 0.3 is 0 Å². The number of carbonyl (C=O) groups is 2. The Morgan fingerprint density at radius 2 is 2.19 bits per heavy atom. The predicted molar refractivity (Wildman–Crippen MR) is 113 cm³/mol. The van der Waals surface area contributed by atoms with E-state index in [0.29, 0.717) is 11.4 Å². The van der Waals surface area contributed by atoms with Crippen molar-refractivity contribution in [1.82, 2.24) is 25.0 Å². The van der Waals surface area contributed by atoms with Gasteiger partial charge < -0.3 is 5.73 Å². The van der Waals surface area contributed by atoms with Crippen molar-refractivity contribution in [1.29, 1.82) is 0 Å². The largest absolute Gasteiger partial charge is 0.320 e. The molecule has 2 amide bonds. The monoisotopic (exact) mass is 448 g/mol. The van der Waals surface area contributed by atoms with Gasteiger partial charge in [-0.3, -0.25) is 19.8 Å². The van der Waals surface area contributed by atoms with E-state index in [1.807, 2.05) is 0 Å². The normalized spacial score (nSPS) is 23.5. The zero-order valence-corrected chi connectivity index (χ0v) is 18.1. The summed E-state index contributed by atoms with van der Waals surface area (Å²) in [4.78, 5) is 30.9. The van der Waals surface area contributed by atoms with Crippen molar-refractivity contribution in [2.75, 3.05) is 6.54 Å². The lowest BCUT2D eigenvalue weighted by molar-refractivity contribution is -0.134. The highest BCUT2D eigenvalue weighted by Crippen LogP contribution is 2.48. The van der Waals surface area contributed by atoms with Crippen LogP contribution < -0.4 is 11.1 Å². The zero-order valence-electron chi connectivity index (χ0n) is 17.3. The fraction of sp³-hybridized carbons (Fsp3) is 0.524. The molecule has 4 rings (SSSR count). The van der Waals surface area contributed by atoms with Gasteiger partial charge in [-0.1, -0.05) is 18.5 Å². The molecule has 3 N–H and O–H groups in total. The molecule has 166 valence electrons. The quantitative estimate of drug-likeness (QED) is 0.671. The van der Waals surface area contributed by atoms with Crippen LogP contribution in [-0.4, -0.2) is 56.3 Å². The maximum absolute atomic E-state index is 14.3. The predicted octanol–water partition coefficient (Wildman–Crippen LogP) is 1.99. The Hall–Kier alpha value is -2.36. The van der Waals surface area contributed by atoms with E-state index in [2.05, 4.69) is 22.3 Å². The van der Waals surface area contributed by atoms with Crippen LogP contribution in [-0.2, 0) is 16.1 Å². The number of rotatable bonds is 7. The van der Waals surface area contributed by atoms with Crippen LogP contribution in [0.25, 0.3) is 5.69 Å². The number of halogens is 2. The lowest BCUT2D eigenvalue weighted by Gasteiger charge is -2.25. The second kappa shape index (κ2) is 8.64. The van der Waals surface area contributed by atoms with Gasteiger partial charge in [-0.2, -0.15) is 5.10 Å². The third kappa shape index (κ3) is 5.11. The van der Waals surface area contributed by atoms with Gasteiger partial charge in [0.2, 0.25) is 11.8 Å².